The highest BCUT2D eigenvalue weighted by molar-refractivity contribution is 4.89. The summed E-state index contributed by atoms with van der Waals surface area (Å²) in [5, 5.41) is 0. The molecule has 0 spiro atoms. The van der Waals surface area contributed by atoms with Crippen LogP contribution in [0.25, 0.3) is 0 Å². The van der Waals surface area contributed by atoms with Crippen molar-refractivity contribution in [1.29, 1.82) is 0 Å². The molecule has 0 aromatic carbocycles. The third kappa shape index (κ3) is 3.11. The average molecular weight is 250 g/mol. The molecule has 2 rings (SSSR count). The summed E-state index contributed by atoms with van der Waals surface area (Å²) in [6, 6.07) is 0. The lowest BCUT2D eigenvalue weighted by Gasteiger charge is -2.42. The molecule has 0 bridgehead atoms. The molecular formula is C18H34. The van der Waals surface area contributed by atoms with Gasteiger partial charge in [0.15, 0.2) is 0 Å². The second kappa shape index (κ2) is 5.97. The third-order valence-corrected chi connectivity index (χ3v) is 6.23. The van der Waals surface area contributed by atoms with Gasteiger partial charge in [0.1, 0.15) is 0 Å². The van der Waals surface area contributed by atoms with Crippen molar-refractivity contribution in [2.75, 3.05) is 0 Å². The van der Waals surface area contributed by atoms with E-state index in [1.54, 1.807) is 0 Å². The molecule has 2 aliphatic carbocycles. The summed E-state index contributed by atoms with van der Waals surface area (Å²) in [5.41, 5.74) is 0. The number of rotatable bonds is 2. The second-order valence-electron chi connectivity index (χ2n) is 8.03. The maximum absolute atomic E-state index is 2.55. The van der Waals surface area contributed by atoms with Gasteiger partial charge in [-0.25, -0.2) is 0 Å². The van der Waals surface area contributed by atoms with Crippen molar-refractivity contribution in [2.24, 2.45) is 41.4 Å². The van der Waals surface area contributed by atoms with Crippen LogP contribution >= 0.6 is 0 Å². The van der Waals surface area contributed by atoms with Crippen molar-refractivity contribution in [2.45, 2.75) is 73.1 Å². The van der Waals surface area contributed by atoms with Gasteiger partial charge in [-0.2, -0.15) is 0 Å². The Morgan fingerprint density at radius 2 is 1.50 bits per heavy atom. The van der Waals surface area contributed by atoms with E-state index >= 15 is 0 Å². The van der Waals surface area contributed by atoms with Gasteiger partial charge < -0.3 is 0 Å². The molecule has 6 atom stereocenters. The molecule has 0 heterocycles. The molecule has 6 unspecified atom stereocenters. The van der Waals surface area contributed by atoms with Crippen LogP contribution in [0.4, 0.5) is 0 Å². The van der Waals surface area contributed by atoms with Crippen LogP contribution in [0.15, 0.2) is 0 Å². The number of hydrogen-bond donors (Lipinski definition) is 0. The van der Waals surface area contributed by atoms with Crippen LogP contribution in [0.3, 0.4) is 0 Å². The van der Waals surface area contributed by atoms with Crippen molar-refractivity contribution in [3.63, 3.8) is 0 Å². The Morgan fingerprint density at radius 1 is 0.833 bits per heavy atom. The van der Waals surface area contributed by atoms with Gasteiger partial charge in [-0.1, -0.05) is 47.5 Å². The maximum atomic E-state index is 2.55. The fourth-order valence-corrected chi connectivity index (χ4v) is 5.06. The molecule has 0 N–H and O–H groups in total. The van der Waals surface area contributed by atoms with Crippen LogP contribution in [0.5, 0.6) is 0 Å². The molecule has 0 aliphatic heterocycles. The van der Waals surface area contributed by atoms with Crippen molar-refractivity contribution >= 4 is 0 Å². The zero-order valence-electron chi connectivity index (χ0n) is 13.3. The summed E-state index contributed by atoms with van der Waals surface area (Å²) in [7, 11) is 0. The minimum atomic E-state index is 0.888. The molecule has 0 amide bonds. The Balaban J connectivity index is 2.03. The lowest BCUT2D eigenvalue weighted by atomic mass is 9.64. The predicted molar refractivity (Wildman–Crippen MR) is 80.5 cm³/mol. The minimum Gasteiger partial charge on any atom is -0.0628 e. The van der Waals surface area contributed by atoms with Gasteiger partial charge in [0, 0.05) is 0 Å². The summed E-state index contributed by atoms with van der Waals surface area (Å²) in [6.45, 7) is 12.4. The SMILES string of the molecule is CC(C)CC1CCC2C(C)C(C)CCC2C(C)C1. The van der Waals surface area contributed by atoms with Crippen LogP contribution in [-0.4, -0.2) is 0 Å². The van der Waals surface area contributed by atoms with E-state index in [-0.39, 0.29) is 0 Å². The van der Waals surface area contributed by atoms with Crippen LogP contribution in [-0.2, 0) is 0 Å². The second-order valence-corrected chi connectivity index (χ2v) is 8.03. The first-order chi connectivity index (χ1) is 8.49. The van der Waals surface area contributed by atoms with Crippen molar-refractivity contribution in [3.8, 4) is 0 Å². The smallest absolute Gasteiger partial charge is 0.0355 e. The summed E-state index contributed by atoms with van der Waals surface area (Å²) in [6.07, 6.45) is 9.03. The highest BCUT2D eigenvalue weighted by Crippen LogP contribution is 2.49. The zero-order chi connectivity index (χ0) is 13.3. The molecule has 0 aromatic rings. The van der Waals surface area contributed by atoms with E-state index in [1.165, 1.54) is 38.5 Å². The van der Waals surface area contributed by atoms with Gasteiger partial charge in [0.2, 0.25) is 0 Å². The van der Waals surface area contributed by atoms with E-state index < -0.39 is 0 Å². The first kappa shape index (κ1) is 14.4. The summed E-state index contributed by atoms with van der Waals surface area (Å²) < 4.78 is 0. The Hall–Kier alpha value is 0. The highest BCUT2D eigenvalue weighted by Gasteiger charge is 2.39. The first-order valence-electron chi connectivity index (χ1n) is 8.49. The Kier molecular flexibility index (Phi) is 4.78. The van der Waals surface area contributed by atoms with Crippen LogP contribution in [0.1, 0.15) is 73.1 Å². The molecule has 0 saturated heterocycles. The first-order valence-corrected chi connectivity index (χ1v) is 8.49. The van der Waals surface area contributed by atoms with Crippen LogP contribution in [0.2, 0.25) is 0 Å². The van der Waals surface area contributed by atoms with Crippen molar-refractivity contribution in [3.05, 3.63) is 0 Å². The lowest BCUT2D eigenvalue weighted by molar-refractivity contribution is 0.0767. The molecule has 0 heteroatoms. The van der Waals surface area contributed by atoms with Crippen LogP contribution < -0.4 is 0 Å². The van der Waals surface area contributed by atoms with Gasteiger partial charge in [-0.3, -0.25) is 0 Å². The Labute approximate surface area is 115 Å². The van der Waals surface area contributed by atoms with Crippen LogP contribution in [0, 0.1) is 41.4 Å². The van der Waals surface area contributed by atoms with Crippen molar-refractivity contribution in [1.82, 2.24) is 0 Å². The van der Waals surface area contributed by atoms with E-state index in [0.29, 0.717) is 0 Å². The molecule has 18 heavy (non-hydrogen) atoms. The Bertz CT molecular complexity index is 255. The van der Waals surface area contributed by atoms with Gasteiger partial charge in [-0.15, -0.1) is 0 Å². The fourth-order valence-electron chi connectivity index (χ4n) is 5.06. The van der Waals surface area contributed by atoms with Gasteiger partial charge in [0.25, 0.3) is 0 Å². The van der Waals surface area contributed by atoms with E-state index in [2.05, 4.69) is 34.6 Å². The number of hydrogen-bond acceptors (Lipinski definition) is 0. The maximum Gasteiger partial charge on any atom is -0.0355 e. The fraction of sp³-hybridized carbons (Fsp3) is 1.00. The molecule has 0 nitrogen and oxygen atoms in total. The molecule has 2 aliphatic rings. The third-order valence-electron chi connectivity index (χ3n) is 6.23. The van der Waals surface area contributed by atoms with Gasteiger partial charge >= 0.3 is 0 Å². The number of fused-ring (bicyclic) bond motifs is 1. The normalized spacial score (nSPS) is 45.7. The highest BCUT2D eigenvalue weighted by atomic mass is 14.4. The predicted octanol–water partition coefficient (Wildman–Crippen LogP) is 5.77. The average Bonchev–Trinajstić information content (AvgIpc) is 2.43. The molecule has 0 radical (unpaired) electrons. The van der Waals surface area contributed by atoms with E-state index in [9.17, 15) is 0 Å². The largest absolute Gasteiger partial charge is 0.0628 e. The quantitative estimate of drug-likeness (QED) is 0.584. The summed E-state index contributed by atoms with van der Waals surface area (Å²) in [4.78, 5) is 0. The zero-order valence-corrected chi connectivity index (χ0v) is 13.3. The Morgan fingerprint density at radius 3 is 2.17 bits per heavy atom. The van der Waals surface area contributed by atoms with Gasteiger partial charge in [-0.05, 0) is 67.1 Å². The lowest BCUT2D eigenvalue weighted by Crippen LogP contribution is -2.34. The molecule has 106 valence electrons. The van der Waals surface area contributed by atoms with Crippen molar-refractivity contribution < 1.29 is 0 Å². The monoisotopic (exact) mass is 250 g/mol. The standard InChI is InChI=1S/C18H34/c1-12(2)10-16-7-9-18-15(5)13(3)6-8-17(18)14(4)11-16/h12-18H,6-11H2,1-5H3. The van der Waals surface area contributed by atoms with E-state index in [1.807, 2.05) is 0 Å². The minimum absolute atomic E-state index is 0.888. The molecular weight excluding hydrogens is 216 g/mol. The molecule has 0 aromatic heterocycles. The van der Waals surface area contributed by atoms with E-state index in [0.717, 1.165) is 41.4 Å². The van der Waals surface area contributed by atoms with Gasteiger partial charge in [0.05, 0.1) is 0 Å². The topological polar surface area (TPSA) is 0 Å². The summed E-state index contributed by atoms with van der Waals surface area (Å²) >= 11 is 0. The van der Waals surface area contributed by atoms with E-state index in [4.69, 9.17) is 0 Å². The molecule has 2 saturated carbocycles. The summed E-state index contributed by atoms with van der Waals surface area (Å²) in [5.74, 6) is 6.93. The molecule has 2 fully saturated rings.